The molecule has 4 amide bonds. The monoisotopic (exact) mass is 393 g/mol. The number of anilines is 1. The summed E-state index contributed by atoms with van der Waals surface area (Å²) < 4.78 is 0. The molecular formula is C19H15N5O5. The first-order valence-corrected chi connectivity index (χ1v) is 8.43. The van der Waals surface area contributed by atoms with Crippen molar-refractivity contribution in [3.8, 4) is 6.07 Å². The van der Waals surface area contributed by atoms with E-state index in [0.717, 1.165) is 4.90 Å². The van der Waals surface area contributed by atoms with Crippen LogP contribution >= 0.6 is 0 Å². The number of carbonyl (C=O) groups excluding carboxylic acids is 3. The van der Waals surface area contributed by atoms with Crippen LogP contribution in [0, 0.1) is 21.4 Å². The SMILES string of the molecule is C[C@]1(c2ccc([N+](=O)[O-])cc2)NC(=O)N(CC(=O)Nc2cccc(C#N)c2)C1=O. The lowest BCUT2D eigenvalue weighted by Gasteiger charge is -2.22. The van der Waals surface area contributed by atoms with Gasteiger partial charge in [-0.1, -0.05) is 6.07 Å². The Morgan fingerprint density at radius 1 is 1.28 bits per heavy atom. The second kappa shape index (κ2) is 7.40. The highest BCUT2D eigenvalue weighted by atomic mass is 16.6. The largest absolute Gasteiger partial charge is 0.325 e. The average Bonchev–Trinajstić information content (AvgIpc) is 2.92. The number of hydrogen-bond donors (Lipinski definition) is 2. The zero-order valence-corrected chi connectivity index (χ0v) is 15.2. The Morgan fingerprint density at radius 2 is 1.97 bits per heavy atom. The van der Waals surface area contributed by atoms with Gasteiger partial charge in [0, 0.05) is 17.8 Å². The van der Waals surface area contributed by atoms with Crippen molar-refractivity contribution in [1.29, 1.82) is 5.26 Å². The molecule has 0 saturated carbocycles. The van der Waals surface area contributed by atoms with Crippen molar-refractivity contribution < 1.29 is 19.3 Å². The summed E-state index contributed by atoms with van der Waals surface area (Å²) in [7, 11) is 0. The van der Waals surface area contributed by atoms with Crippen LogP contribution in [0.2, 0.25) is 0 Å². The number of nitrogens with one attached hydrogen (secondary N) is 2. The first-order chi connectivity index (χ1) is 13.7. The van der Waals surface area contributed by atoms with E-state index < -0.39 is 34.9 Å². The molecule has 3 rings (SSSR count). The van der Waals surface area contributed by atoms with Gasteiger partial charge in [0.15, 0.2) is 0 Å². The molecule has 0 spiro atoms. The number of benzene rings is 2. The summed E-state index contributed by atoms with van der Waals surface area (Å²) in [5.74, 6) is -1.27. The van der Waals surface area contributed by atoms with Gasteiger partial charge in [-0.15, -0.1) is 0 Å². The second-order valence-corrected chi connectivity index (χ2v) is 6.49. The van der Waals surface area contributed by atoms with Crippen molar-refractivity contribution >= 4 is 29.2 Å². The Bertz CT molecular complexity index is 1060. The fourth-order valence-electron chi connectivity index (χ4n) is 2.96. The molecule has 1 fully saturated rings. The number of amides is 4. The highest BCUT2D eigenvalue weighted by Crippen LogP contribution is 2.30. The maximum absolute atomic E-state index is 12.8. The van der Waals surface area contributed by atoms with Crippen molar-refractivity contribution in [3.63, 3.8) is 0 Å². The van der Waals surface area contributed by atoms with Crippen LogP contribution in [0.3, 0.4) is 0 Å². The molecule has 0 aromatic heterocycles. The van der Waals surface area contributed by atoms with Crippen LogP contribution in [-0.2, 0) is 15.1 Å². The second-order valence-electron chi connectivity index (χ2n) is 6.49. The molecule has 1 aliphatic heterocycles. The standard InChI is InChI=1S/C19H15N5O5/c1-19(13-5-7-15(8-6-13)24(28)29)17(26)23(18(27)22-19)11-16(25)21-14-4-2-3-12(9-14)10-20/h2-9H,11H2,1H3,(H,21,25)(H,22,27)/t19-/m1/s1. The van der Waals surface area contributed by atoms with E-state index >= 15 is 0 Å². The van der Waals surface area contributed by atoms with Crippen LogP contribution in [0.15, 0.2) is 48.5 Å². The van der Waals surface area contributed by atoms with Crippen molar-refractivity contribution in [2.24, 2.45) is 0 Å². The molecule has 0 unspecified atom stereocenters. The number of nitro groups is 1. The number of nitrogens with zero attached hydrogens (tertiary/aromatic N) is 3. The summed E-state index contributed by atoms with van der Waals surface area (Å²) in [4.78, 5) is 48.4. The lowest BCUT2D eigenvalue weighted by Crippen LogP contribution is -2.42. The number of nitriles is 1. The molecule has 2 aromatic carbocycles. The number of nitro benzene ring substituents is 1. The summed E-state index contributed by atoms with van der Waals surface area (Å²) in [6, 6.07) is 12.6. The van der Waals surface area contributed by atoms with Crippen LogP contribution in [-0.4, -0.2) is 34.2 Å². The van der Waals surface area contributed by atoms with E-state index in [1.807, 2.05) is 6.07 Å². The third-order valence-electron chi connectivity index (χ3n) is 4.51. The van der Waals surface area contributed by atoms with Gasteiger partial charge in [-0.3, -0.25) is 24.6 Å². The van der Waals surface area contributed by atoms with Gasteiger partial charge < -0.3 is 10.6 Å². The van der Waals surface area contributed by atoms with E-state index in [0.29, 0.717) is 16.8 Å². The fourth-order valence-corrected chi connectivity index (χ4v) is 2.96. The molecule has 0 bridgehead atoms. The van der Waals surface area contributed by atoms with E-state index in [-0.39, 0.29) is 5.69 Å². The van der Waals surface area contributed by atoms with Crippen molar-refractivity contribution in [2.45, 2.75) is 12.5 Å². The van der Waals surface area contributed by atoms with E-state index in [1.54, 1.807) is 18.2 Å². The summed E-state index contributed by atoms with van der Waals surface area (Å²) in [5, 5.41) is 24.8. The molecule has 1 saturated heterocycles. The molecule has 0 radical (unpaired) electrons. The lowest BCUT2D eigenvalue weighted by atomic mass is 9.92. The Kier molecular flexibility index (Phi) is 4.97. The average molecular weight is 393 g/mol. The number of rotatable bonds is 5. The molecule has 146 valence electrons. The van der Waals surface area contributed by atoms with Crippen LogP contribution in [0.4, 0.5) is 16.2 Å². The van der Waals surface area contributed by atoms with E-state index in [1.165, 1.54) is 37.3 Å². The van der Waals surface area contributed by atoms with E-state index in [2.05, 4.69) is 10.6 Å². The van der Waals surface area contributed by atoms with Crippen molar-refractivity contribution in [3.05, 3.63) is 69.8 Å². The molecule has 29 heavy (non-hydrogen) atoms. The van der Waals surface area contributed by atoms with Crippen molar-refractivity contribution in [2.75, 3.05) is 11.9 Å². The fraction of sp³-hybridized carbons (Fsp3) is 0.158. The van der Waals surface area contributed by atoms with Crippen LogP contribution in [0.25, 0.3) is 0 Å². The Morgan fingerprint density at radius 3 is 2.59 bits per heavy atom. The molecular weight excluding hydrogens is 378 g/mol. The van der Waals surface area contributed by atoms with Crippen LogP contribution < -0.4 is 10.6 Å². The molecule has 1 atom stereocenters. The normalized spacial score (nSPS) is 18.1. The first kappa shape index (κ1) is 19.5. The minimum Gasteiger partial charge on any atom is -0.324 e. The first-order valence-electron chi connectivity index (χ1n) is 8.43. The summed E-state index contributed by atoms with van der Waals surface area (Å²) in [5.41, 5.74) is -0.536. The predicted molar refractivity (Wildman–Crippen MR) is 100 cm³/mol. The van der Waals surface area contributed by atoms with Crippen LogP contribution in [0.5, 0.6) is 0 Å². The van der Waals surface area contributed by atoms with Gasteiger partial charge >= 0.3 is 6.03 Å². The Labute approximate surface area is 164 Å². The minimum absolute atomic E-state index is 0.148. The lowest BCUT2D eigenvalue weighted by molar-refractivity contribution is -0.384. The van der Waals surface area contributed by atoms with Gasteiger partial charge in [0.1, 0.15) is 12.1 Å². The highest BCUT2D eigenvalue weighted by molar-refractivity contribution is 6.10. The van der Waals surface area contributed by atoms with E-state index in [9.17, 15) is 24.5 Å². The molecule has 1 heterocycles. The third kappa shape index (κ3) is 3.74. The highest BCUT2D eigenvalue weighted by Gasteiger charge is 2.49. The zero-order chi connectivity index (χ0) is 21.2. The quantitative estimate of drug-likeness (QED) is 0.450. The minimum atomic E-state index is -1.45. The third-order valence-corrected chi connectivity index (χ3v) is 4.51. The topological polar surface area (TPSA) is 145 Å². The molecule has 2 N–H and O–H groups in total. The van der Waals surface area contributed by atoms with Gasteiger partial charge in [-0.25, -0.2) is 4.79 Å². The summed E-state index contributed by atoms with van der Waals surface area (Å²) >= 11 is 0. The van der Waals surface area contributed by atoms with Gasteiger partial charge in [-0.05, 0) is 42.8 Å². The van der Waals surface area contributed by atoms with Gasteiger partial charge in [-0.2, -0.15) is 5.26 Å². The Balaban J connectivity index is 1.75. The smallest absolute Gasteiger partial charge is 0.324 e. The maximum Gasteiger partial charge on any atom is 0.325 e. The summed E-state index contributed by atoms with van der Waals surface area (Å²) in [6.45, 7) is 0.937. The van der Waals surface area contributed by atoms with Gasteiger partial charge in [0.2, 0.25) is 5.91 Å². The summed E-state index contributed by atoms with van der Waals surface area (Å²) in [6.07, 6.45) is 0. The molecule has 2 aromatic rings. The van der Waals surface area contributed by atoms with Crippen LogP contribution in [0.1, 0.15) is 18.1 Å². The number of carbonyl (C=O) groups is 3. The molecule has 10 heteroatoms. The van der Waals surface area contributed by atoms with Gasteiger partial charge in [0.25, 0.3) is 11.6 Å². The predicted octanol–water partition coefficient (Wildman–Crippen LogP) is 1.87. The van der Waals surface area contributed by atoms with Crippen molar-refractivity contribution in [1.82, 2.24) is 10.2 Å². The number of imide groups is 1. The molecule has 1 aliphatic rings. The maximum atomic E-state index is 12.8. The zero-order valence-electron chi connectivity index (χ0n) is 15.2. The van der Waals surface area contributed by atoms with Gasteiger partial charge in [0.05, 0.1) is 16.6 Å². The number of non-ortho nitro benzene ring substituents is 1. The number of hydrogen-bond acceptors (Lipinski definition) is 6. The molecule has 0 aliphatic carbocycles. The Hall–Kier alpha value is -4.26. The molecule has 10 nitrogen and oxygen atoms in total. The van der Waals surface area contributed by atoms with E-state index in [4.69, 9.17) is 5.26 Å². The number of urea groups is 1.